The Kier molecular flexibility index (Phi) is 15.0. The summed E-state index contributed by atoms with van der Waals surface area (Å²) >= 11 is 0. The molecule has 3 amide bonds. The van der Waals surface area contributed by atoms with Crippen molar-refractivity contribution < 1.29 is 29.4 Å². The van der Waals surface area contributed by atoms with E-state index in [1.807, 2.05) is 30.3 Å². The van der Waals surface area contributed by atoms with E-state index in [0.717, 1.165) is 5.56 Å². The molecule has 4 unspecified atom stereocenters. The number of benzene rings is 1. The van der Waals surface area contributed by atoms with E-state index in [1.54, 1.807) is 0 Å². The summed E-state index contributed by atoms with van der Waals surface area (Å²) in [6.45, 7) is -0.245. The largest absolute Gasteiger partial charge is 0.480 e. The van der Waals surface area contributed by atoms with Crippen LogP contribution in [0.4, 0.5) is 0 Å². The van der Waals surface area contributed by atoms with Crippen LogP contribution in [0.3, 0.4) is 0 Å². The maximum atomic E-state index is 13.0. The molecule has 1 rings (SSSR count). The quantitative estimate of drug-likeness (QED) is 0.0531. The van der Waals surface area contributed by atoms with Crippen LogP contribution in [0.15, 0.2) is 35.3 Å². The van der Waals surface area contributed by atoms with Crippen molar-refractivity contribution in [3.05, 3.63) is 35.9 Å². The molecule has 0 saturated heterocycles. The van der Waals surface area contributed by atoms with Gasteiger partial charge in [0.2, 0.25) is 17.7 Å². The highest BCUT2D eigenvalue weighted by Gasteiger charge is 2.29. The van der Waals surface area contributed by atoms with E-state index in [4.69, 9.17) is 22.9 Å². The third-order valence-corrected chi connectivity index (χ3v) is 5.59. The summed E-state index contributed by atoms with van der Waals surface area (Å²) in [5.74, 6) is -3.62. The summed E-state index contributed by atoms with van der Waals surface area (Å²) in [6.07, 6.45) is 1.86. The Morgan fingerprint density at radius 1 is 0.842 bits per heavy atom. The van der Waals surface area contributed by atoms with Crippen LogP contribution < -0.4 is 38.9 Å². The Labute approximate surface area is 221 Å². The van der Waals surface area contributed by atoms with Crippen molar-refractivity contribution in [3.63, 3.8) is 0 Å². The molecule has 38 heavy (non-hydrogen) atoms. The van der Waals surface area contributed by atoms with E-state index in [2.05, 4.69) is 20.9 Å². The predicted molar refractivity (Wildman–Crippen MR) is 141 cm³/mol. The second-order valence-electron chi connectivity index (χ2n) is 8.73. The Hall–Kier alpha value is -3.75. The highest BCUT2D eigenvalue weighted by atomic mass is 16.4. The van der Waals surface area contributed by atoms with Crippen LogP contribution in [0.1, 0.15) is 37.7 Å². The Morgan fingerprint density at radius 3 is 2.00 bits per heavy atom. The summed E-state index contributed by atoms with van der Waals surface area (Å²) in [4.78, 5) is 53.6. The minimum Gasteiger partial charge on any atom is -0.480 e. The number of carbonyl (C=O) groups excluding carboxylic acids is 3. The number of amides is 3. The topological polar surface area (TPSA) is 261 Å². The molecule has 0 bridgehead atoms. The summed E-state index contributed by atoms with van der Waals surface area (Å²) < 4.78 is 0. The van der Waals surface area contributed by atoms with E-state index in [-0.39, 0.29) is 38.2 Å². The maximum absolute atomic E-state index is 13.0. The van der Waals surface area contributed by atoms with Gasteiger partial charge in [0.25, 0.3) is 0 Å². The Morgan fingerprint density at radius 2 is 1.42 bits per heavy atom. The third-order valence-electron chi connectivity index (χ3n) is 5.59. The van der Waals surface area contributed by atoms with Crippen LogP contribution >= 0.6 is 0 Å². The van der Waals surface area contributed by atoms with Crippen molar-refractivity contribution in [3.8, 4) is 0 Å². The third kappa shape index (κ3) is 12.5. The number of aliphatic hydroxyl groups excluding tert-OH is 1. The molecule has 0 heterocycles. The number of hydrogen-bond acceptors (Lipinski definition) is 8. The molecule has 0 aliphatic rings. The molecule has 1 aromatic carbocycles. The van der Waals surface area contributed by atoms with E-state index < -0.39 is 54.5 Å². The van der Waals surface area contributed by atoms with E-state index in [1.165, 1.54) is 0 Å². The molecular weight excluding hydrogens is 496 g/mol. The van der Waals surface area contributed by atoms with E-state index >= 15 is 0 Å². The average Bonchev–Trinajstić information content (AvgIpc) is 2.88. The number of nitrogens with zero attached hydrogens (tertiary/aromatic N) is 1. The van der Waals surface area contributed by atoms with Crippen LogP contribution in [0, 0.1) is 0 Å². The van der Waals surface area contributed by atoms with Crippen molar-refractivity contribution in [2.45, 2.75) is 62.7 Å². The molecule has 0 radical (unpaired) electrons. The zero-order chi connectivity index (χ0) is 28.5. The lowest BCUT2D eigenvalue weighted by atomic mass is 10.0. The van der Waals surface area contributed by atoms with Crippen molar-refractivity contribution >= 4 is 29.7 Å². The van der Waals surface area contributed by atoms with Crippen LogP contribution in [0.25, 0.3) is 0 Å². The van der Waals surface area contributed by atoms with Gasteiger partial charge in [0, 0.05) is 6.54 Å². The van der Waals surface area contributed by atoms with Crippen molar-refractivity contribution in [1.29, 1.82) is 0 Å². The lowest BCUT2D eigenvalue weighted by Gasteiger charge is -2.24. The van der Waals surface area contributed by atoms with Gasteiger partial charge in [-0.2, -0.15) is 0 Å². The fourth-order valence-electron chi connectivity index (χ4n) is 3.50. The zero-order valence-corrected chi connectivity index (χ0v) is 21.3. The maximum Gasteiger partial charge on any atom is 0.326 e. The number of unbranched alkanes of at least 4 members (excludes halogenated alkanes) is 1. The SMILES string of the molecule is NCCCCC(NC(=O)C(N)Cc1ccccc1)C(=O)NC(CO)C(=O)NC(CCCN=C(N)N)C(=O)O. The van der Waals surface area contributed by atoms with Gasteiger partial charge in [0.05, 0.1) is 12.6 Å². The monoisotopic (exact) mass is 536 g/mol. The van der Waals surface area contributed by atoms with Gasteiger partial charge in [-0.05, 0) is 50.6 Å². The molecule has 14 heteroatoms. The molecule has 0 aromatic heterocycles. The van der Waals surface area contributed by atoms with Crippen molar-refractivity contribution in [2.75, 3.05) is 19.7 Å². The van der Waals surface area contributed by atoms with Crippen molar-refractivity contribution in [2.24, 2.45) is 27.9 Å². The first-order chi connectivity index (χ1) is 18.1. The minimum atomic E-state index is -1.45. The van der Waals surface area contributed by atoms with Crippen molar-refractivity contribution in [1.82, 2.24) is 16.0 Å². The molecule has 0 aliphatic heterocycles. The number of carbonyl (C=O) groups is 4. The lowest BCUT2D eigenvalue weighted by molar-refractivity contribution is -0.142. The number of nitrogens with one attached hydrogen (secondary N) is 3. The first-order valence-electron chi connectivity index (χ1n) is 12.4. The van der Waals surface area contributed by atoms with Crippen LogP contribution in [-0.4, -0.2) is 83.7 Å². The number of carboxylic acids is 1. The number of rotatable bonds is 18. The summed E-state index contributed by atoms with van der Waals surface area (Å²) in [6, 6.07) is 4.42. The number of guanidine groups is 1. The normalized spacial score (nSPS) is 13.9. The zero-order valence-electron chi connectivity index (χ0n) is 21.3. The molecule has 13 N–H and O–H groups in total. The molecule has 0 fully saturated rings. The number of carboxylic acid groups (broad SMARTS) is 1. The molecule has 0 aliphatic carbocycles. The Bertz CT molecular complexity index is 926. The number of aliphatic imine (C=N–C) groups is 1. The molecule has 0 saturated carbocycles. The van der Waals surface area contributed by atoms with E-state index in [9.17, 15) is 29.4 Å². The van der Waals surface area contributed by atoms with Crippen LogP contribution in [0.5, 0.6) is 0 Å². The fraction of sp³-hybridized carbons (Fsp3) is 0.542. The van der Waals surface area contributed by atoms with Crippen LogP contribution in [-0.2, 0) is 25.6 Å². The van der Waals surface area contributed by atoms with E-state index in [0.29, 0.717) is 19.4 Å². The van der Waals surface area contributed by atoms with Gasteiger partial charge in [-0.3, -0.25) is 19.4 Å². The molecule has 4 atom stereocenters. The average molecular weight is 537 g/mol. The first-order valence-corrected chi connectivity index (χ1v) is 12.4. The van der Waals surface area contributed by atoms with Gasteiger partial charge >= 0.3 is 5.97 Å². The summed E-state index contributed by atoms with van der Waals surface area (Å²) in [5.41, 5.74) is 22.9. The molecular formula is C24H40N8O6. The predicted octanol–water partition coefficient (Wildman–Crippen LogP) is -2.73. The van der Waals surface area contributed by atoms with Crippen LogP contribution in [0.2, 0.25) is 0 Å². The molecule has 0 spiro atoms. The Balaban J connectivity index is 2.81. The molecule has 14 nitrogen and oxygen atoms in total. The lowest BCUT2D eigenvalue weighted by Crippen LogP contribution is -2.58. The smallest absolute Gasteiger partial charge is 0.326 e. The summed E-state index contributed by atoms with van der Waals surface area (Å²) in [5, 5.41) is 26.4. The van der Waals surface area contributed by atoms with Gasteiger partial charge in [0.15, 0.2) is 5.96 Å². The fourth-order valence-corrected chi connectivity index (χ4v) is 3.50. The number of aliphatic carboxylic acids is 1. The molecule has 212 valence electrons. The second-order valence-corrected chi connectivity index (χ2v) is 8.73. The minimum absolute atomic E-state index is 0.0149. The standard InChI is InChI=1S/C24H40N8O6/c25-11-5-4-9-17(30-20(34)16(26)13-15-7-2-1-3-8-15)21(35)32-19(14-33)22(36)31-18(23(37)38)10-6-12-29-24(27)28/h1-3,7-8,16-19,33H,4-6,9-14,25-26H2,(H,30,34)(H,31,36)(H,32,35)(H,37,38)(H4,27,28,29). The number of nitrogens with two attached hydrogens (primary N) is 4. The van der Waals surface area contributed by atoms with Gasteiger partial charge in [0.1, 0.15) is 18.1 Å². The van der Waals surface area contributed by atoms with Gasteiger partial charge in [-0.1, -0.05) is 30.3 Å². The van der Waals surface area contributed by atoms with Gasteiger partial charge in [-0.15, -0.1) is 0 Å². The first kappa shape index (κ1) is 32.3. The molecule has 1 aromatic rings. The van der Waals surface area contributed by atoms with Gasteiger partial charge < -0.3 is 49.1 Å². The summed E-state index contributed by atoms with van der Waals surface area (Å²) in [7, 11) is 0. The second kappa shape index (κ2) is 17.7. The number of hydrogen-bond donors (Lipinski definition) is 9. The highest BCUT2D eigenvalue weighted by molar-refractivity contribution is 5.94. The number of aliphatic hydroxyl groups is 1. The van der Waals surface area contributed by atoms with Gasteiger partial charge in [-0.25, -0.2) is 4.79 Å². The highest BCUT2D eigenvalue weighted by Crippen LogP contribution is 2.06.